The van der Waals surface area contributed by atoms with Crippen LogP contribution in [0.5, 0.6) is 0 Å². The lowest BCUT2D eigenvalue weighted by Gasteiger charge is -2.30. The first-order valence-corrected chi connectivity index (χ1v) is 7.29. The van der Waals surface area contributed by atoms with E-state index in [9.17, 15) is 4.39 Å². The second-order valence-corrected chi connectivity index (χ2v) is 5.76. The van der Waals surface area contributed by atoms with E-state index in [2.05, 4.69) is 48.3 Å². The predicted molar refractivity (Wildman–Crippen MR) is 79.2 cm³/mol. The van der Waals surface area contributed by atoms with Crippen LogP contribution in [-0.4, -0.2) is 40.9 Å². The van der Waals surface area contributed by atoms with Gasteiger partial charge < -0.3 is 10.2 Å². The Balaban J connectivity index is 1.86. The van der Waals surface area contributed by atoms with Crippen LogP contribution in [0.25, 0.3) is 11.4 Å². The van der Waals surface area contributed by atoms with Crippen molar-refractivity contribution in [1.29, 1.82) is 0 Å². The van der Waals surface area contributed by atoms with Crippen LogP contribution in [0.15, 0.2) is 22.7 Å². The van der Waals surface area contributed by atoms with Crippen LogP contribution in [0.4, 0.5) is 10.3 Å². The van der Waals surface area contributed by atoms with Crippen molar-refractivity contribution in [3.63, 3.8) is 0 Å². The van der Waals surface area contributed by atoms with Crippen molar-refractivity contribution in [3.05, 3.63) is 28.5 Å². The Morgan fingerprint density at radius 1 is 1.45 bits per heavy atom. The number of halogens is 2. The van der Waals surface area contributed by atoms with Crippen molar-refractivity contribution in [3.8, 4) is 11.4 Å². The average Bonchev–Trinajstić information content (AvgIpc) is 2.88. The zero-order valence-electron chi connectivity index (χ0n) is 11.0. The van der Waals surface area contributed by atoms with Gasteiger partial charge in [-0.3, -0.25) is 5.10 Å². The summed E-state index contributed by atoms with van der Waals surface area (Å²) in [5.74, 6) is 1.04. The smallest absolute Gasteiger partial charge is 0.245 e. The molecule has 1 aliphatic rings. The Bertz CT molecular complexity index is 615. The highest BCUT2D eigenvalue weighted by atomic mass is 79.9. The minimum atomic E-state index is -0.281. The van der Waals surface area contributed by atoms with Gasteiger partial charge in [-0.1, -0.05) is 0 Å². The van der Waals surface area contributed by atoms with E-state index in [0.717, 1.165) is 25.2 Å². The third-order valence-electron chi connectivity index (χ3n) is 3.31. The quantitative estimate of drug-likeness (QED) is 0.880. The van der Waals surface area contributed by atoms with Crippen molar-refractivity contribution in [2.75, 3.05) is 24.5 Å². The molecule has 20 heavy (non-hydrogen) atoms. The van der Waals surface area contributed by atoms with Gasteiger partial charge in [-0.15, -0.1) is 5.10 Å². The van der Waals surface area contributed by atoms with Gasteiger partial charge in [0.05, 0.1) is 0 Å². The fourth-order valence-corrected chi connectivity index (χ4v) is 2.85. The fraction of sp³-hybridized carbons (Fsp3) is 0.385. The number of hydrogen-bond donors (Lipinski definition) is 2. The summed E-state index contributed by atoms with van der Waals surface area (Å²) >= 11 is 3.35. The molecule has 0 spiro atoms. The lowest BCUT2D eigenvalue weighted by atomic mass is 10.2. The van der Waals surface area contributed by atoms with E-state index in [-0.39, 0.29) is 5.82 Å². The van der Waals surface area contributed by atoms with E-state index in [1.54, 1.807) is 6.07 Å². The summed E-state index contributed by atoms with van der Waals surface area (Å²) in [6.45, 7) is 4.82. The molecule has 5 nitrogen and oxygen atoms in total. The lowest BCUT2D eigenvalue weighted by molar-refractivity contribution is 0.480. The first-order chi connectivity index (χ1) is 9.63. The van der Waals surface area contributed by atoms with Crippen molar-refractivity contribution < 1.29 is 4.39 Å². The van der Waals surface area contributed by atoms with E-state index in [4.69, 9.17) is 0 Å². The van der Waals surface area contributed by atoms with Gasteiger partial charge in [0, 0.05) is 35.7 Å². The monoisotopic (exact) mass is 339 g/mol. The highest BCUT2D eigenvalue weighted by Gasteiger charge is 2.20. The van der Waals surface area contributed by atoms with Gasteiger partial charge in [-0.2, -0.15) is 4.98 Å². The molecule has 0 bridgehead atoms. The predicted octanol–water partition coefficient (Wildman–Crippen LogP) is 2.17. The topological polar surface area (TPSA) is 56.8 Å². The van der Waals surface area contributed by atoms with Crippen LogP contribution < -0.4 is 10.2 Å². The molecular formula is C13H15BrFN5. The summed E-state index contributed by atoms with van der Waals surface area (Å²) in [4.78, 5) is 6.65. The average molecular weight is 340 g/mol. The number of anilines is 1. The molecule has 0 radical (unpaired) electrons. The Hall–Kier alpha value is -1.47. The molecule has 2 N–H and O–H groups in total. The van der Waals surface area contributed by atoms with Crippen LogP contribution in [0.3, 0.4) is 0 Å². The number of nitrogens with one attached hydrogen (secondary N) is 2. The maximum absolute atomic E-state index is 13.1. The van der Waals surface area contributed by atoms with Crippen molar-refractivity contribution in [2.24, 2.45) is 0 Å². The summed E-state index contributed by atoms with van der Waals surface area (Å²) in [6.07, 6.45) is 0. The second kappa shape index (κ2) is 5.49. The maximum atomic E-state index is 13.1. The Morgan fingerprint density at radius 3 is 3.05 bits per heavy atom. The van der Waals surface area contributed by atoms with Crippen LogP contribution in [-0.2, 0) is 0 Å². The number of hydrogen-bond acceptors (Lipinski definition) is 4. The van der Waals surface area contributed by atoms with E-state index in [0.29, 0.717) is 22.3 Å². The number of rotatable bonds is 2. The molecule has 1 unspecified atom stereocenters. The van der Waals surface area contributed by atoms with Crippen LogP contribution in [0.1, 0.15) is 6.92 Å². The molecule has 0 amide bonds. The van der Waals surface area contributed by atoms with Gasteiger partial charge in [0.1, 0.15) is 5.82 Å². The molecule has 1 fully saturated rings. The zero-order chi connectivity index (χ0) is 14.1. The minimum absolute atomic E-state index is 0.281. The highest BCUT2D eigenvalue weighted by Crippen LogP contribution is 2.27. The Labute approximate surface area is 124 Å². The molecule has 2 aromatic rings. The Morgan fingerprint density at radius 2 is 2.30 bits per heavy atom. The molecule has 0 aliphatic carbocycles. The molecule has 1 saturated heterocycles. The summed E-state index contributed by atoms with van der Waals surface area (Å²) in [5.41, 5.74) is 0.799. The first-order valence-electron chi connectivity index (χ1n) is 6.49. The van der Waals surface area contributed by atoms with Crippen molar-refractivity contribution in [2.45, 2.75) is 13.0 Å². The summed E-state index contributed by atoms with van der Waals surface area (Å²) < 4.78 is 13.8. The third kappa shape index (κ3) is 2.69. The summed E-state index contributed by atoms with van der Waals surface area (Å²) in [5, 5.41) is 10.6. The molecule has 7 heteroatoms. The van der Waals surface area contributed by atoms with Gasteiger partial charge in [0.15, 0.2) is 5.82 Å². The van der Waals surface area contributed by atoms with E-state index < -0.39 is 0 Å². The van der Waals surface area contributed by atoms with Crippen LogP contribution in [0.2, 0.25) is 0 Å². The van der Waals surface area contributed by atoms with E-state index in [1.807, 2.05) is 0 Å². The zero-order valence-corrected chi connectivity index (χ0v) is 12.6. The minimum Gasteiger partial charge on any atom is -0.337 e. The maximum Gasteiger partial charge on any atom is 0.245 e. The second-order valence-electron chi connectivity index (χ2n) is 4.91. The molecule has 0 saturated carbocycles. The van der Waals surface area contributed by atoms with Gasteiger partial charge >= 0.3 is 0 Å². The number of aromatic nitrogens is 3. The van der Waals surface area contributed by atoms with E-state index >= 15 is 0 Å². The molecule has 1 aromatic heterocycles. The number of piperazine rings is 1. The van der Waals surface area contributed by atoms with Gasteiger partial charge in [-0.05, 0) is 41.1 Å². The lowest BCUT2D eigenvalue weighted by Crippen LogP contribution is -2.49. The molecule has 3 rings (SSSR count). The number of benzene rings is 1. The molecular weight excluding hydrogens is 325 g/mol. The number of nitrogens with zero attached hydrogens (tertiary/aromatic N) is 3. The van der Waals surface area contributed by atoms with E-state index in [1.165, 1.54) is 12.1 Å². The van der Waals surface area contributed by atoms with Crippen molar-refractivity contribution >= 4 is 21.9 Å². The van der Waals surface area contributed by atoms with Gasteiger partial charge in [0.2, 0.25) is 5.95 Å². The largest absolute Gasteiger partial charge is 0.337 e. The number of aromatic amines is 1. The van der Waals surface area contributed by atoms with Crippen LogP contribution in [0, 0.1) is 5.82 Å². The summed E-state index contributed by atoms with van der Waals surface area (Å²) in [7, 11) is 0. The third-order valence-corrected chi connectivity index (χ3v) is 3.97. The SMILES string of the molecule is CC1CN(c2n[nH]c(-c3ccc(F)cc3Br)n2)CCN1. The molecule has 2 heterocycles. The number of H-pyrrole nitrogens is 1. The van der Waals surface area contributed by atoms with Crippen LogP contribution >= 0.6 is 15.9 Å². The van der Waals surface area contributed by atoms with Gasteiger partial charge in [0.25, 0.3) is 0 Å². The molecule has 1 atom stereocenters. The standard InChI is InChI=1S/C13H15BrFN5/c1-8-7-20(5-4-16-8)13-17-12(18-19-13)10-3-2-9(15)6-11(10)14/h2-3,6,8,16H,4-5,7H2,1H3,(H,17,18,19). The summed E-state index contributed by atoms with van der Waals surface area (Å²) in [6, 6.07) is 4.94. The fourth-order valence-electron chi connectivity index (χ4n) is 2.31. The first kappa shape index (κ1) is 13.5. The molecule has 1 aliphatic heterocycles. The molecule has 106 valence electrons. The molecule has 1 aromatic carbocycles. The normalized spacial score (nSPS) is 19.4. The Kier molecular flexibility index (Phi) is 3.71. The van der Waals surface area contributed by atoms with Gasteiger partial charge in [-0.25, -0.2) is 4.39 Å². The van der Waals surface area contributed by atoms with Crippen molar-refractivity contribution in [1.82, 2.24) is 20.5 Å². The highest BCUT2D eigenvalue weighted by molar-refractivity contribution is 9.10.